The van der Waals surface area contributed by atoms with Crippen molar-refractivity contribution < 1.29 is 28.6 Å². The molecule has 0 aliphatic heterocycles. The lowest BCUT2D eigenvalue weighted by Crippen LogP contribution is -2.30. The highest BCUT2D eigenvalue weighted by Crippen LogP contribution is 2.18. The second kappa shape index (κ2) is 46.9. The predicted octanol–water partition coefficient (Wildman–Crippen LogP) is 17.3. The minimum absolute atomic E-state index is 0.0646. The van der Waals surface area contributed by atoms with Gasteiger partial charge in [0.2, 0.25) is 0 Å². The fraction of sp³-hybridized carbons (Fsp3) is 0.944. The van der Waals surface area contributed by atoms with Crippen LogP contribution in [-0.2, 0) is 28.6 Å². The number of carbonyl (C=O) groups excluding carboxylic acids is 3. The Morgan fingerprint density at radius 3 is 0.950 bits per heavy atom. The predicted molar refractivity (Wildman–Crippen MR) is 256 cm³/mol. The van der Waals surface area contributed by atoms with E-state index in [9.17, 15) is 14.4 Å². The van der Waals surface area contributed by atoms with Gasteiger partial charge >= 0.3 is 17.9 Å². The SMILES string of the molecule is CCCCCCCC(=O)OC[C@@H](COC(=O)CCCCCCCCCCCCCCC(C)C)OC(=O)CCCCCCCCCCCCCCCCCCCCC(C)CC. The van der Waals surface area contributed by atoms with Crippen molar-refractivity contribution in [3.8, 4) is 0 Å². The fourth-order valence-corrected chi connectivity index (χ4v) is 8.13. The largest absolute Gasteiger partial charge is 0.462 e. The molecule has 0 N–H and O–H groups in total. The van der Waals surface area contributed by atoms with E-state index in [1.54, 1.807) is 0 Å². The van der Waals surface area contributed by atoms with Crippen LogP contribution in [0.4, 0.5) is 0 Å². The van der Waals surface area contributed by atoms with Crippen molar-refractivity contribution in [1.82, 2.24) is 0 Å². The average molecular weight is 849 g/mol. The molecule has 0 aliphatic rings. The third-order valence-electron chi connectivity index (χ3n) is 12.6. The molecular weight excluding hydrogens is 745 g/mol. The maximum Gasteiger partial charge on any atom is 0.306 e. The van der Waals surface area contributed by atoms with Crippen LogP contribution in [0.1, 0.15) is 298 Å². The van der Waals surface area contributed by atoms with Crippen molar-refractivity contribution >= 4 is 17.9 Å². The van der Waals surface area contributed by atoms with Crippen molar-refractivity contribution in [1.29, 1.82) is 0 Å². The van der Waals surface area contributed by atoms with Gasteiger partial charge in [-0.3, -0.25) is 14.4 Å². The molecule has 0 aromatic carbocycles. The molecule has 1 unspecified atom stereocenters. The van der Waals surface area contributed by atoms with Gasteiger partial charge in [0.05, 0.1) is 0 Å². The van der Waals surface area contributed by atoms with E-state index >= 15 is 0 Å². The van der Waals surface area contributed by atoms with Crippen molar-refractivity contribution in [2.75, 3.05) is 13.2 Å². The Hall–Kier alpha value is -1.59. The zero-order valence-electron chi connectivity index (χ0n) is 41.1. The summed E-state index contributed by atoms with van der Waals surface area (Å²) in [4.78, 5) is 37.7. The van der Waals surface area contributed by atoms with Crippen LogP contribution in [0.3, 0.4) is 0 Å². The van der Waals surface area contributed by atoms with E-state index in [4.69, 9.17) is 14.2 Å². The standard InChI is InChI=1S/C54H104O6/c1-6-8-9-32-39-44-52(55)58-47-51(48-59-53(56)45-40-35-30-26-22-19-18-20-24-28-33-37-42-49(3)4)60-54(57)46-41-36-31-27-23-17-15-13-11-10-12-14-16-21-25-29-34-38-43-50(5)7-2/h49-51H,6-48H2,1-5H3/t50?,51-/m0/s1. The van der Waals surface area contributed by atoms with Crippen LogP contribution < -0.4 is 0 Å². The molecule has 6 heteroatoms. The van der Waals surface area contributed by atoms with Crippen LogP contribution in [0.15, 0.2) is 0 Å². The molecule has 0 amide bonds. The highest BCUT2D eigenvalue weighted by atomic mass is 16.6. The zero-order valence-corrected chi connectivity index (χ0v) is 41.1. The third-order valence-corrected chi connectivity index (χ3v) is 12.6. The molecule has 0 heterocycles. The third kappa shape index (κ3) is 45.9. The van der Waals surface area contributed by atoms with E-state index in [-0.39, 0.29) is 31.1 Å². The normalized spacial score (nSPS) is 12.5. The summed E-state index contributed by atoms with van der Waals surface area (Å²) in [6, 6.07) is 0. The average Bonchev–Trinajstić information content (AvgIpc) is 3.23. The minimum atomic E-state index is -0.760. The van der Waals surface area contributed by atoms with Crippen LogP contribution in [0, 0.1) is 11.8 Å². The van der Waals surface area contributed by atoms with Gasteiger partial charge in [0.15, 0.2) is 6.10 Å². The fourth-order valence-electron chi connectivity index (χ4n) is 8.13. The Labute approximate surface area is 374 Å². The summed E-state index contributed by atoms with van der Waals surface area (Å²) in [6.07, 6.45) is 48.4. The highest BCUT2D eigenvalue weighted by Gasteiger charge is 2.19. The smallest absolute Gasteiger partial charge is 0.306 e. The Balaban J connectivity index is 4.06. The maximum absolute atomic E-state index is 12.8. The first-order chi connectivity index (χ1) is 29.3. The molecule has 0 saturated heterocycles. The molecule has 0 rings (SSSR count). The van der Waals surface area contributed by atoms with Gasteiger partial charge in [-0.1, -0.05) is 259 Å². The van der Waals surface area contributed by atoms with Crippen LogP contribution in [-0.4, -0.2) is 37.2 Å². The monoisotopic (exact) mass is 849 g/mol. The number of carbonyl (C=O) groups is 3. The van der Waals surface area contributed by atoms with E-state index in [0.29, 0.717) is 19.3 Å². The quantitative estimate of drug-likeness (QED) is 0.0345. The summed E-state index contributed by atoms with van der Waals surface area (Å²) in [5.41, 5.74) is 0. The Morgan fingerprint density at radius 1 is 0.350 bits per heavy atom. The Kier molecular flexibility index (Phi) is 45.7. The molecular formula is C54H104O6. The number of rotatable bonds is 48. The van der Waals surface area contributed by atoms with Gasteiger partial charge < -0.3 is 14.2 Å². The molecule has 0 bridgehead atoms. The van der Waals surface area contributed by atoms with Crippen molar-refractivity contribution in [2.45, 2.75) is 304 Å². The van der Waals surface area contributed by atoms with Gasteiger partial charge in [-0.05, 0) is 31.1 Å². The van der Waals surface area contributed by atoms with Gasteiger partial charge in [-0.25, -0.2) is 0 Å². The lowest BCUT2D eigenvalue weighted by Gasteiger charge is -2.18. The molecule has 0 aliphatic carbocycles. The molecule has 0 aromatic heterocycles. The number of hydrogen-bond donors (Lipinski definition) is 0. The second-order valence-corrected chi connectivity index (χ2v) is 19.2. The van der Waals surface area contributed by atoms with Gasteiger partial charge in [0.25, 0.3) is 0 Å². The molecule has 356 valence electrons. The maximum atomic E-state index is 12.8. The molecule has 0 fully saturated rings. The van der Waals surface area contributed by atoms with Crippen molar-refractivity contribution in [3.05, 3.63) is 0 Å². The minimum Gasteiger partial charge on any atom is -0.462 e. The molecule has 2 atom stereocenters. The molecule has 0 aromatic rings. The van der Waals surface area contributed by atoms with Crippen LogP contribution in [0.2, 0.25) is 0 Å². The Morgan fingerprint density at radius 2 is 0.633 bits per heavy atom. The summed E-state index contributed by atoms with van der Waals surface area (Å²) >= 11 is 0. The van der Waals surface area contributed by atoms with E-state index in [2.05, 4.69) is 34.6 Å². The second-order valence-electron chi connectivity index (χ2n) is 19.2. The molecule has 0 spiro atoms. The summed E-state index contributed by atoms with van der Waals surface area (Å²) < 4.78 is 16.7. The van der Waals surface area contributed by atoms with Gasteiger partial charge in [0, 0.05) is 19.3 Å². The van der Waals surface area contributed by atoms with E-state index in [0.717, 1.165) is 76.0 Å². The van der Waals surface area contributed by atoms with Crippen LogP contribution in [0.5, 0.6) is 0 Å². The van der Waals surface area contributed by atoms with Crippen molar-refractivity contribution in [3.63, 3.8) is 0 Å². The Bertz CT molecular complexity index is 918. The van der Waals surface area contributed by atoms with Crippen molar-refractivity contribution in [2.24, 2.45) is 11.8 Å². The lowest BCUT2D eigenvalue weighted by molar-refractivity contribution is -0.167. The summed E-state index contributed by atoms with van der Waals surface area (Å²) in [5, 5.41) is 0. The summed E-state index contributed by atoms with van der Waals surface area (Å²) in [6.45, 7) is 11.4. The number of hydrogen-bond acceptors (Lipinski definition) is 6. The highest BCUT2D eigenvalue weighted by molar-refractivity contribution is 5.71. The molecule has 0 saturated carbocycles. The van der Waals surface area contributed by atoms with E-state index in [1.165, 1.54) is 180 Å². The first-order valence-corrected chi connectivity index (χ1v) is 26.8. The first-order valence-electron chi connectivity index (χ1n) is 26.8. The summed E-state index contributed by atoms with van der Waals surface area (Å²) in [7, 11) is 0. The molecule has 60 heavy (non-hydrogen) atoms. The first kappa shape index (κ1) is 58.4. The molecule has 6 nitrogen and oxygen atoms in total. The number of ether oxygens (including phenoxy) is 3. The van der Waals surface area contributed by atoms with Crippen LogP contribution >= 0.6 is 0 Å². The zero-order chi connectivity index (χ0) is 44.0. The van der Waals surface area contributed by atoms with E-state index in [1.807, 2.05) is 0 Å². The summed E-state index contributed by atoms with van der Waals surface area (Å²) in [5.74, 6) is 0.882. The van der Waals surface area contributed by atoms with Gasteiger partial charge in [-0.15, -0.1) is 0 Å². The number of unbranched alkanes of at least 4 members (excludes halogenated alkanes) is 32. The lowest BCUT2D eigenvalue weighted by atomic mass is 9.99. The van der Waals surface area contributed by atoms with Gasteiger partial charge in [0.1, 0.15) is 13.2 Å². The number of esters is 3. The van der Waals surface area contributed by atoms with Gasteiger partial charge in [-0.2, -0.15) is 0 Å². The topological polar surface area (TPSA) is 78.9 Å². The van der Waals surface area contributed by atoms with E-state index < -0.39 is 6.10 Å². The van der Waals surface area contributed by atoms with Crippen LogP contribution in [0.25, 0.3) is 0 Å². The molecule has 0 radical (unpaired) electrons.